The molecule has 1 aromatic carbocycles. The van der Waals surface area contributed by atoms with Crippen LogP contribution in [0.4, 0.5) is 4.39 Å². The van der Waals surface area contributed by atoms with Gasteiger partial charge in [-0.05, 0) is 36.3 Å². The summed E-state index contributed by atoms with van der Waals surface area (Å²) in [5, 5.41) is 0.136. The molecule has 3 heteroatoms. The molecular weight excluding hydrogens is 223 g/mol. The normalized spacial score (nSPS) is 20.7. The van der Waals surface area contributed by atoms with Crippen molar-refractivity contribution in [2.45, 2.75) is 30.9 Å². The van der Waals surface area contributed by atoms with Gasteiger partial charge in [-0.1, -0.05) is 18.6 Å². The third kappa shape index (κ3) is 3.08. The first-order valence-corrected chi connectivity index (χ1v) is 6.69. The first-order valence-electron chi connectivity index (χ1n) is 5.64. The molecule has 1 aliphatic heterocycles. The van der Waals surface area contributed by atoms with Gasteiger partial charge in [0.05, 0.1) is 5.25 Å². The fourth-order valence-electron chi connectivity index (χ4n) is 1.96. The van der Waals surface area contributed by atoms with Crippen LogP contribution in [-0.2, 0) is 11.2 Å². The van der Waals surface area contributed by atoms with Crippen LogP contribution in [0.5, 0.6) is 0 Å². The van der Waals surface area contributed by atoms with Crippen LogP contribution < -0.4 is 0 Å². The lowest BCUT2D eigenvalue weighted by Crippen LogP contribution is -2.22. The second-order valence-corrected chi connectivity index (χ2v) is 5.44. The van der Waals surface area contributed by atoms with Crippen LogP contribution >= 0.6 is 11.8 Å². The Morgan fingerprint density at radius 3 is 3.00 bits per heavy atom. The molecule has 0 radical (unpaired) electrons. The Morgan fingerprint density at radius 1 is 1.44 bits per heavy atom. The average molecular weight is 238 g/mol. The Kier molecular flexibility index (Phi) is 3.99. The van der Waals surface area contributed by atoms with Gasteiger partial charge in [-0.15, -0.1) is 0 Å². The molecule has 0 aliphatic carbocycles. The Bertz CT molecular complexity index is 372. The minimum atomic E-state index is -0.262. The zero-order valence-electron chi connectivity index (χ0n) is 9.12. The van der Waals surface area contributed by atoms with Crippen molar-refractivity contribution in [2.24, 2.45) is 0 Å². The molecule has 1 heterocycles. The highest BCUT2D eigenvalue weighted by Crippen LogP contribution is 2.26. The van der Waals surface area contributed by atoms with Crippen molar-refractivity contribution in [1.29, 1.82) is 0 Å². The molecule has 1 atom stereocenters. The summed E-state index contributed by atoms with van der Waals surface area (Å²) in [6.45, 7) is 0. The maximum absolute atomic E-state index is 12.9. The van der Waals surface area contributed by atoms with Crippen molar-refractivity contribution >= 4 is 17.5 Å². The van der Waals surface area contributed by atoms with E-state index in [4.69, 9.17) is 0 Å². The number of rotatable bonds is 3. The second kappa shape index (κ2) is 5.48. The third-order valence-electron chi connectivity index (χ3n) is 2.81. The van der Waals surface area contributed by atoms with Gasteiger partial charge in [0.2, 0.25) is 0 Å². The van der Waals surface area contributed by atoms with Gasteiger partial charge in [-0.25, -0.2) is 4.39 Å². The average Bonchev–Trinajstić information content (AvgIpc) is 2.30. The lowest BCUT2D eigenvalue weighted by atomic mass is 10.0. The van der Waals surface area contributed by atoms with E-state index >= 15 is 0 Å². The number of thioether (sulfide) groups is 1. The predicted molar refractivity (Wildman–Crippen MR) is 65.2 cm³/mol. The highest BCUT2D eigenvalue weighted by molar-refractivity contribution is 8.00. The number of benzene rings is 1. The van der Waals surface area contributed by atoms with E-state index in [0.717, 1.165) is 24.2 Å². The van der Waals surface area contributed by atoms with E-state index in [-0.39, 0.29) is 16.9 Å². The fraction of sp³-hybridized carbons (Fsp3) is 0.462. The molecule has 0 N–H and O–H groups in total. The lowest BCUT2D eigenvalue weighted by Gasteiger charge is -2.19. The molecule has 1 saturated heterocycles. The number of hydrogen-bond donors (Lipinski definition) is 0. The van der Waals surface area contributed by atoms with Gasteiger partial charge >= 0.3 is 0 Å². The Labute approximate surface area is 99.4 Å². The van der Waals surface area contributed by atoms with E-state index in [1.54, 1.807) is 17.8 Å². The van der Waals surface area contributed by atoms with Crippen LogP contribution in [-0.4, -0.2) is 16.8 Å². The van der Waals surface area contributed by atoms with Crippen molar-refractivity contribution in [3.05, 3.63) is 35.6 Å². The van der Waals surface area contributed by atoms with E-state index in [0.29, 0.717) is 6.42 Å². The van der Waals surface area contributed by atoms with E-state index in [9.17, 15) is 9.18 Å². The molecule has 1 unspecified atom stereocenters. The van der Waals surface area contributed by atoms with Crippen LogP contribution in [0.1, 0.15) is 24.8 Å². The van der Waals surface area contributed by atoms with Crippen molar-refractivity contribution in [2.75, 3.05) is 5.75 Å². The number of carbonyl (C=O) groups excluding carboxylic acids is 1. The van der Waals surface area contributed by atoms with Gasteiger partial charge < -0.3 is 0 Å². The summed E-state index contributed by atoms with van der Waals surface area (Å²) >= 11 is 1.75. The largest absolute Gasteiger partial charge is 0.298 e. The maximum Gasteiger partial charge on any atom is 0.150 e. The van der Waals surface area contributed by atoms with Crippen molar-refractivity contribution < 1.29 is 9.18 Å². The van der Waals surface area contributed by atoms with Gasteiger partial charge in [0.25, 0.3) is 0 Å². The van der Waals surface area contributed by atoms with Gasteiger partial charge in [0.15, 0.2) is 0 Å². The standard InChI is InChI=1S/C13H15FOS/c14-11-5-3-4-10(8-11)9-12(15)13-6-1-2-7-16-13/h3-5,8,13H,1-2,6-7,9H2. The molecule has 86 valence electrons. The number of carbonyl (C=O) groups is 1. The van der Waals surface area contributed by atoms with Crippen LogP contribution in [0, 0.1) is 5.82 Å². The predicted octanol–water partition coefficient (Wildman–Crippen LogP) is 3.22. The lowest BCUT2D eigenvalue weighted by molar-refractivity contribution is -0.118. The van der Waals surface area contributed by atoms with Gasteiger partial charge in [-0.3, -0.25) is 4.79 Å². The van der Waals surface area contributed by atoms with E-state index in [2.05, 4.69) is 0 Å². The number of hydrogen-bond acceptors (Lipinski definition) is 2. The highest BCUT2D eigenvalue weighted by Gasteiger charge is 2.21. The van der Waals surface area contributed by atoms with Crippen molar-refractivity contribution in [1.82, 2.24) is 0 Å². The van der Waals surface area contributed by atoms with Crippen LogP contribution in [0.3, 0.4) is 0 Å². The molecule has 1 aliphatic rings. The topological polar surface area (TPSA) is 17.1 Å². The Hall–Kier alpha value is -0.830. The minimum absolute atomic E-state index is 0.136. The van der Waals surface area contributed by atoms with Gasteiger partial charge in [0.1, 0.15) is 11.6 Å². The van der Waals surface area contributed by atoms with E-state index in [1.807, 2.05) is 6.07 Å². The Balaban J connectivity index is 1.96. The molecule has 0 bridgehead atoms. The molecule has 1 aromatic rings. The van der Waals surface area contributed by atoms with Crippen molar-refractivity contribution in [3.63, 3.8) is 0 Å². The quantitative estimate of drug-likeness (QED) is 0.804. The maximum atomic E-state index is 12.9. The molecule has 1 fully saturated rings. The molecule has 2 rings (SSSR count). The first-order chi connectivity index (χ1) is 7.75. The SMILES string of the molecule is O=C(Cc1cccc(F)c1)C1CCCCS1. The number of ketones is 1. The Morgan fingerprint density at radius 2 is 2.31 bits per heavy atom. The van der Waals surface area contributed by atoms with Crippen LogP contribution in [0.15, 0.2) is 24.3 Å². The highest BCUT2D eigenvalue weighted by atomic mass is 32.2. The molecule has 1 nitrogen and oxygen atoms in total. The molecule has 0 amide bonds. The summed E-state index contributed by atoms with van der Waals surface area (Å²) in [5.41, 5.74) is 0.788. The van der Waals surface area contributed by atoms with E-state index in [1.165, 1.54) is 18.6 Å². The fourth-order valence-corrected chi connectivity index (χ4v) is 3.21. The zero-order valence-corrected chi connectivity index (χ0v) is 9.93. The molecule has 0 spiro atoms. The van der Waals surface area contributed by atoms with Gasteiger partial charge in [-0.2, -0.15) is 11.8 Å². The molecule has 0 aromatic heterocycles. The van der Waals surface area contributed by atoms with Crippen LogP contribution in [0.2, 0.25) is 0 Å². The molecular formula is C13H15FOS. The number of halogens is 1. The summed E-state index contributed by atoms with van der Waals surface area (Å²) in [4.78, 5) is 11.9. The minimum Gasteiger partial charge on any atom is -0.298 e. The first kappa shape index (κ1) is 11.6. The summed E-state index contributed by atoms with van der Waals surface area (Å²) in [5.74, 6) is 1.07. The zero-order chi connectivity index (χ0) is 11.4. The third-order valence-corrected chi connectivity index (χ3v) is 4.23. The summed E-state index contributed by atoms with van der Waals surface area (Å²) in [6.07, 6.45) is 3.72. The molecule has 0 saturated carbocycles. The smallest absolute Gasteiger partial charge is 0.150 e. The van der Waals surface area contributed by atoms with Gasteiger partial charge in [0, 0.05) is 6.42 Å². The van der Waals surface area contributed by atoms with Crippen LogP contribution in [0.25, 0.3) is 0 Å². The summed E-state index contributed by atoms with van der Waals surface area (Å²) in [6, 6.07) is 6.33. The number of Topliss-reactive ketones (excluding diaryl/α,β-unsaturated/α-hetero) is 1. The second-order valence-electron chi connectivity index (χ2n) is 4.13. The summed E-state index contributed by atoms with van der Waals surface area (Å²) < 4.78 is 12.9. The summed E-state index contributed by atoms with van der Waals surface area (Å²) in [7, 11) is 0. The molecule has 16 heavy (non-hydrogen) atoms. The van der Waals surface area contributed by atoms with Crippen molar-refractivity contribution in [3.8, 4) is 0 Å². The monoisotopic (exact) mass is 238 g/mol. The van der Waals surface area contributed by atoms with E-state index < -0.39 is 0 Å².